The van der Waals surface area contributed by atoms with E-state index in [0.717, 1.165) is 24.9 Å². The highest BCUT2D eigenvalue weighted by Crippen LogP contribution is 2.18. The van der Waals surface area contributed by atoms with E-state index in [1.807, 2.05) is 19.4 Å². The summed E-state index contributed by atoms with van der Waals surface area (Å²) in [5, 5.41) is 10.3. The van der Waals surface area contributed by atoms with Gasteiger partial charge in [-0.25, -0.2) is 0 Å². The van der Waals surface area contributed by atoms with Gasteiger partial charge in [0, 0.05) is 44.4 Å². The minimum absolute atomic E-state index is 0.154. The summed E-state index contributed by atoms with van der Waals surface area (Å²) in [7, 11) is 1.90. The molecule has 0 saturated heterocycles. The fourth-order valence-electron chi connectivity index (χ4n) is 1.53. The average molecular weight is 222 g/mol. The molecule has 0 unspecified atom stereocenters. The molecule has 0 spiro atoms. The van der Waals surface area contributed by atoms with Crippen LogP contribution in [0.3, 0.4) is 0 Å². The molecule has 1 fully saturated rings. The smallest absolute Gasteiger partial charge is 0.221 e. The summed E-state index contributed by atoms with van der Waals surface area (Å²) < 4.78 is 1.77. The number of aryl methyl sites for hydroxylation is 1. The fraction of sp³-hybridized carbons (Fsp3) is 0.636. The number of hydrogen-bond donors (Lipinski definition) is 2. The molecule has 16 heavy (non-hydrogen) atoms. The zero-order valence-electron chi connectivity index (χ0n) is 9.57. The third-order valence-corrected chi connectivity index (χ3v) is 2.56. The molecule has 1 aliphatic carbocycles. The first-order valence-electron chi connectivity index (χ1n) is 5.71. The monoisotopic (exact) mass is 222 g/mol. The Kier molecular flexibility index (Phi) is 3.56. The molecule has 1 aromatic heterocycles. The van der Waals surface area contributed by atoms with Gasteiger partial charge in [-0.05, 0) is 12.8 Å². The quantitative estimate of drug-likeness (QED) is 0.675. The number of carbonyl (C=O) groups is 1. The Morgan fingerprint density at radius 1 is 1.62 bits per heavy atom. The largest absolute Gasteiger partial charge is 0.353 e. The summed E-state index contributed by atoms with van der Waals surface area (Å²) in [6.07, 6.45) is 6.65. The summed E-state index contributed by atoms with van der Waals surface area (Å²) in [6.45, 7) is 1.48. The van der Waals surface area contributed by atoms with Crippen LogP contribution in [0.4, 0.5) is 0 Å². The molecule has 1 heterocycles. The van der Waals surface area contributed by atoms with E-state index in [-0.39, 0.29) is 5.91 Å². The fourth-order valence-corrected chi connectivity index (χ4v) is 1.53. The number of carbonyl (C=O) groups excluding carboxylic acids is 1. The van der Waals surface area contributed by atoms with Crippen molar-refractivity contribution in [2.75, 3.05) is 6.54 Å². The van der Waals surface area contributed by atoms with Crippen molar-refractivity contribution in [2.24, 2.45) is 7.05 Å². The second kappa shape index (κ2) is 5.12. The molecule has 1 saturated carbocycles. The summed E-state index contributed by atoms with van der Waals surface area (Å²) in [5.74, 6) is 0.154. The molecule has 2 N–H and O–H groups in total. The Balaban J connectivity index is 1.55. The van der Waals surface area contributed by atoms with Gasteiger partial charge in [0.15, 0.2) is 0 Å². The molecule has 1 aliphatic rings. The number of aromatic nitrogens is 2. The van der Waals surface area contributed by atoms with Crippen LogP contribution in [0.15, 0.2) is 12.4 Å². The number of amides is 1. The van der Waals surface area contributed by atoms with Crippen molar-refractivity contribution in [1.82, 2.24) is 20.4 Å². The molecular formula is C11H18N4O. The third kappa shape index (κ3) is 3.66. The lowest BCUT2D eigenvalue weighted by atomic mass is 10.3. The first-order chi connectivity index (χ1) is 7.74. The number of nitrogens with one attached hydrogen (secondary N) is 2. The zero-order valence-corrected chi connectivity index (χ0v) is 9.57. The first-order valence-corrected chi connectivity index (χ1v) is 5.71. The van der Waals surface area contributed by atoms with Crippen molar-refractivity contribution in [3.05, 3.63) is 18.0 Å². The Morgan fingerprint density at radius 2 is 2.44 bits per heavy atom. The molecule has 0 bridgehead atoms. The van der Waals surface area contributed by atoms with E-state index in [2.05, 4.69) is 15.7 Å². The Bertz CT molecular complexity index is 357. The van der Waals surface area contributed by atoms with E-state index < -0.39 is 0 Å². The molecule has 1 aromatic rings. The maximum Gasteiger partial charge on any atom is 0.221 e. The summed E-state index contributed by atoms with van der Waals surface area (Å²) >= 11 is 0. The van der Waals surface area contributed by atoms with Crippen molar-refractivity contribution in [2.45, 2.75) is 31.8 Å². The third-order valence-electron chi connectivity index (χ3n) is 2.56. The number of nitrogens with zero attached hydrogens (tertiary/aromatic N) is 2. The normalized spacial score (nSPS) is 15.1. The van der Waals surface area contributed by atoms with Crippen molar-refractivity contribution < 1.29 is 4.79 Å². The van der Waals surface area contributed by atoms with Crippen molar-refractivity contribution in [3.63, 3.8) is 0 Å². The highest BCUT2D eigenvalue weighted by Gasteiger charge is 2.22. The van der Waals surface area contributed by atoms with Gasteiger partial charge in [0.25, 0.3) is 0 Å². The second-order valence-electron chi connectivity index (χ2n) is 4.29. The molecule has 0 atom stereocenters. The van der Waals surface area contributed by atoms with Crippen LogP contribution in [0.5, 0.6) is 0 Å². The van der Waals surface area contributed by atoms with Gasteiger partial charge < -0.3 is 10.6 Å². The zero-order chi connectivity index (χ0) is 11.4. The molecule has 88 valence electrons. The van der Waals surface area contributed by atoms with Crippen molar-refractivity contribution in [1.29, 1.82) is 0 Å². The van der Waals surface area contributed by atoms with Crippen LogP contribution in [0, 0.1) is 0 Å². The van der Waals surface area contributed by atoms with Gasteiger partial charge in [0.05, 0.1) is 6.20 Å². The highest BCUT2D eigenvalue weighted by molar-refractivity contribution is 5.76. The van der Waals surface area contributed by atoms with Crippen molar-refractivity contribution in [3.8, 4) is 0 Å². The summed E-state index contributed by atoms with van der Waals surface area (Å²) in [4.78, 5) is 11.3. The SMILES string of the molecule is Cn1cc(CNCCC(=O)NC2CC2)cn1. The summed E-state index contributed by atoms with van der Waals surface area (Å²) in [6, 6.07) is 0.464. The lowest BCUT2D eigenvalue weighted by Crippen LogP contribution is -2.28. The Hall–Kier alpha value is -1.36. The van der Waals surface area contributed by atoms with Crippen molar-refractivity contribution >= 4 is 5.91 Å². The Labute approximate surface area is 95.2 Å². The topological polar surface area (TPSA) is 59.0 Å². The van der Waals surface area contributed by atoms with E-state index in [1.165, 1.54) is 0 Å². The van der Waals surface area contributed by atoms with Crippen LogP contribution in [0.25, 0.3) is 0 Å². The van der Waals surface area contributed by atoms with Gasteiger partial charge in [-0.1, -0.05) is 0 Å². The average Bonchev–Trinajstić information content (AvgIpc) is 2.95. The summed E-state index contributed by atoms with van der Waals surface area (Å²) in [5.41, 5.74) is 1.14. The lowest BCUT2D eigenvalue weighted by Gasteiger charge is -2.04. The van der Waals surface area contributed by atoms with Crippen LogP contribution in [-0.2, 0) is 18.4 Å². The van der Waals surface area contributed by atoms with Gasteiger partial charge in [-0.2, -0.15) is 5.10 Å². The van der Waals surface area contributed by atoms with E-state index in [0.29, 0.717) is 19.0 Å². The molecule has 0 radical (unpaired) electrons. The van der Waals surface area contributed by atoms with Gasteiger partial charge >= 0.3 is 0 Å². The van der Waals surface area contributed by atoms with E-state index >= 15 is 0 Å². The minimum atomic E-state index is 0.154. The predicted octanol–water partition coefficient (Wildman–Crippen LogP) is 0.178. The number of rotatable bonds is 6. The number of hydrogen-bond acceptors (Lipinski definition) is 3. The van der Waals surface area contributed by atoms with Crippen LogP contribution in [0.1, 0.15) is 24.8 Å². The maximum absolute atomic E-state index is 11.3. The van der Waals surface area contributed by atoms with Crippen LogP contribution in [-0.4, -0.2) is 28.3 Å². The van der Waals surface area contributed by atoms with E-state index in [1.54, 1.807) is 4.68 Å². The second-order valence-corrected chi connectivity index (χ2v) is 4.29. The maximum atomic E-state index is 11.3. The molecular weight excluding hydrogens is 204 g/mol. The van der Waals surface area contributed by atoms with E-state index in [4.69, 9.17) is 0 Å². The van der Waals surface area contributed by atoms with Crippen LogP contribution in [0.2, 0.25) is 0 Å². The minimum Gasteiger partial charge on any atom is -0.353 e. The van der Waals surface area contributed by atoms with Gasteiger partial charge in [0.2, 0.25) is 5.91 Å². The molecule has 0 aliphatic heterocycles. The highest BCUT2D eigenvalue weighted by atomic mass is 16.1. The first kappa shape index (κ1) is 11.1. The molecule has 0 aromatic carbocycles. The standard InChI is InChI=1S/C11H18N4O/c1-15-8-9(7-13-15)6-12-5-4-11(16)14-10-2-3-10/h7-8,10,12H,2-6H2,1H3,(H,14,16). The van der Waals surface area contributed by atoms with Gasteiger partial charge in [-0.3, -0.25) is 9.48 Å². The van der Waals surface area contributed by atoms with Crippen LogP contribution < -0.4 is 10.6 Å². The molecule has 5 nitrogen and oxygen atoms in total. The van der Waals surface area contributed by atoms with E-state index in [9.17, 15) is 4.79 Å². The van der Waals surface area contributed by atoms with Gasteiger partial charge in [-0.15, -0.1) is 0 Å². The molecule has 1 amide bonds. The van der Waals surface area contributed by atoms with Gasteiger partial charge in [0.1, 0.15) is 0 Å². The predicted molar refractivity (Wildman–Crippen MR) is 60.7 cm³/mol. The molecule has 2 rings (SSSR count). The molecule has 5 heteroatoms. The lowest BCUT2D eigenvalue weighted by molar-refractivity contribution is -0.121. The van der Waals surface area contributed by atoms with Crippen LogP contribution >= 0.6 is 0 Å². The Morgan fingerprint density at radius 3 is 3.06 bits per heavy atom.